The number of halogens is 1. The lowest BCUT2D eigenvalue weighted by atomic mass is 9.79. The molecule has 2 unspecified atom stereocenters. The van der Waals surface area contributed by atoms with Gasteiger partial charge in [0.05, 0.1) is 23.7 Å². The predicted octanol–water partition coefficient (Wildman–Crippen LogP) is 6.19. The van der Waals surface area contributed by atoms with Crippen LogP contribution in [0.25, 0.3) is 6.08 Å². The summed E-state index contributed by atoms with van der Waals surface area (Å²) < 4.78 is 30.5. The molecule has 0 saturated heterocycles. The van der Waals surface area contributed by atoms with Crippen molar-refractivity contribution in [3.8, 4) is 0 Å². The lowest BCUT2D eigenvalue weighted by molar-refractivity contribution is -0.158. The number of hydrogen-bond acceptors (Lipinski definition) is 6. The van der Waals surface area contributed by atoms with Crippen LogP contribution in [0.5, 0.6) is 0 Å². The highest BCUT2D eigenvalue weighted by Gasteiger charge is 2.47. The zero-order valence-corrected chi connectivity index (χ0v) is 21.0. The Hall–Kier alpha value is -3.94. The molecule has 3 aliphatic rings. The largest absolute Gasteiger partial charge is 0.467 e. The van der Waals surface area contributed by atoms with E-state index in [0.717, 1.165) is 54.7 Å². The number of rotatable bonds is 6. The maximum absolute atomic E-state index is 13.5. The molecule has 3 heterocycles. The van der Waals surface area contributed by atoms with Gasteiger partial charge in [-0.25, -0.2) is 9.40 Å². The molecule has 0 bridgehead atoms. The van der Waals surface area contributed by atoms with Gasteiger partial charge in [0, 0.05) is 5.92 Å². The van der Waals surface area contributed by atoms with Gasteiger partial charge in [0.2, 0.25) is 0 Å². The fourth-order valence-electron chi connectivity index (χ4n) is 6.18. The Morgan fingerprint density at radius 1 is 1.05 bits per heavy atom. The number of nitrogens with zero attached hydrogens (tertiary/aromatic N) is 2. The van der Waals surface area contributed by atoms with Gasteiger partial charge in [0.1, 0.15) is 23.4 Å². The number of fused-ring (bicyclic) bond motifs is 1. The van der Waals surface area contributed by atoms with E-state index in [1.165, 1.54) is 17.1 Å². The molecule has 7 nitrogen and oxygen atoms in total. The predicted molar refractivity (Wildman–Crippen MR) is 137 cm³/mol. The molecule has 38 heavy (non-hydrogen) atoms. The molecule has 1 aliphatic heterocycles. The normalized spacial score (nSPS) is 23.3. The Morgan fingerprint density at radius 2 is 1.82 bits per heavy atom. The quantitative estimate of drug-likeness (QED) is 0.365. The van der Waals surface area contributed by atoms with Crippen LogP contribution in [-0.4, -0.2) is 29.2 Å². The second-order valence-electron chi connectivity index (χ2n) is 10.2. The van der Waals surface area contributed by atoms with Crippen molar-refractivity contribution in [1.29, 1.82) is 0 Å². The third kappa shape index (κ3) is 4.38. The van der Waals surface area contributed by atoms with E-state index in [9.17, 15) is 14.0 Å². The number of esters is 1. The number of hydrazone groups is 1. The van der Waals surface area contributed by atoms with Crippen molar-refractivity contribution < 1.29 is 27.6 Å². The van der Waals surface area contributed by atoms with Crippen molar-refractivity contribution in [3.63, 3.8) is 0 Å². The minimum atomic E-state index is -0.863. The molecule has 2 saturated carbocycles. The van der Waals surface area contributed by atoms with Crippen molar-refractivity contribution in [1.82, 2.24) is 5.01 Å². The van der Waals surface area contributed by atoms with Crippen molar-refractivity contribution >= 4 is 23.7 Å². The summed E-state index contributed by atoms with van der Waals surface area (Å²) in [6, 6.07) is 13.0. The van der Waals surface area contributed by atoms with Gasteiger partial charge in [-0.15, -0.1) is 0 Å². The summed E-state index contributed by atoms with van der Waals surface area (Å²) in [4.78, 5) is 26.9. The summed E-state index contributed by atoms with van der Waals surface area (Å²) in [5.41, 5.74) is 1.73. The number of carbonyl (C=O) groups is 2. The molecule has 2 aromatic heterocycles. The van der Waals surface area contributed by atoms with Gasteiger partial charge in [-0.05, 0) is 85.7 Å². The topological polar surface area (TPSA) is 85.3 Å². The summed E-state index contributed by atoms with van der Waals surface area (Å²) in [5, 5.41) is 6.19. The lowest BCUT2D eigenvalue weighted by Crippen LogP contribution is -2.39. The van der Waals surface area contributed by atoms with Crippen LogP contribution in [0.2, 0.25) is 0 Å². The second kappa shape index (κ2) is 10.1. The Kier molecular flexibility index (Phi) is 6.47. The number of amides is 1. The third-order valence-corrected chi connectivity index (χ3v) is 8.02. The summed E-state index contributed by atoms with van der Waals surface area (Å²) in [5.74, 6) is 0.129. The van der Waals surface area contributed by atoms with E-state index >= 15 is 0 Å². The Bertz CT molecular complexity index is 1350. The van der Waals surface area contributed by atoms with Crippen LogP contribution in [0.1, 0.15) is 68.1 Å². The summed E-state index contributed by atoms with van der Waals surface area (Å²) in [6.45, 7) is -0.431. The van der Waals surface area contributed by atoms with Crippen LogP contribution in [0.4, 0.5) is 4.39 Å². The van der Waals surface area contributed by atoms with Gasteiger partial charge < -0.3 is 13.6 Å². The highest BCUT2D eigenvalue weighted by atomic mass is 19.1. The third-order valence-electron chi connectivity index (χ3n) is 8.02. The number of hydrogen-bond donors (Lipinski definition) is 0. The van der Waals surface area contributed by atoms with E-state index < -0.39 is 29.9 Å². The standard InChI is InChI=1S/C30H29FN2O5/c31-22-12-10-21(11-13-22)30(14-1-2-15-30)29(35)38-19-26(34)33-28(25-9-5-17-37-25)24-8-3-6-20(27(24)32-33)18-23-7-4-16-36-23/h4-5,7,9-13,16-18,24,28H,1-3,6,8,14-15,19H2. The van der Waals surface area contributed by atoms with Crippen LogP contribution in [-0.2, 0) is 19.7 Å². The van der Waals surface area contributed by atoms with Crippen molar-refractivity contribution in [2.75, 3.05) is 6.61 Å². The van der Waals surface area contributed by atoms with Crippen molar-refractivity contribution in [2.24, 2.45) is 11.0 Å². The Labute approximate surface area is 219 Å². The lowest BCUT2D eigenvalue weighted by Gasteiger charge is -2.29. The molecule has 1 aromatic carbocycles. The SMILES string of the molecule is O=C(COC(=O)C1(c2ccc(F)cc2)CCCC1)N1N=C2C(=Cc3ccco3)CCCC2C1c1ccco1. The minimum Gasteiger partial charge on any atom is -0.467 e. The first-order valence-corrected chi connectivity index (χ1v) is 13.2. The fourth-order valence-corrected chi connectivity index (χ4v) is 6.18. The van der Waals surface area contributed by atoms with E-state index in [0.29, 0.717) is 18.6 Å². The van der Waals surface area contributed by atoms with Crippen LogP contribution in [0.15, 0.2) is 80.6 Å². The average molecular weight is 517 g/mol. The fraction of sp³-hybridized carbons (Fsp3) is 0.367. The minimum absolute atomic E-state index is 0.0313. The van der Waals surface area contributed by atoms with Gasteiger partial charge >= 0.3 is 5.97 Å². The van der Waals surface area contributed by atoms with Gasteiger partial charge in [0.15, 0.2) is 6.61 Å². The maximum Gasteiger partial charge on any atom is 0.317 e. The van der Waals surface area contributed by atoms with E-state index in [1.54, 1.807) is 30.7 Å². The van der Waals surface area contributed by atoms with Crippen LogP contribution >= 0.6 is 0 Å². The summed E-state index contributed by atoms with van der Waals surface area (Å²) in [7, 11) is 0. The molecule has 2 aliphatic carbocycles. The number of allylic oxidation sites excluding steroid dienone is 1. The van der Waals surface area contributed by atoms with Gasteiger partial charge in [0.25, 0.3) is 5.91 Å². The van der Waals surface area contributed by atoms with E-state index in [4.69, 9.17) is 18.7 Å². The average Bonchev–Trinajstić information content (AvgIpc) is 3.73. The van der Waals surface area contributed by atoms with E-state index in [2.05, 4.69) is 0 Å². The van der Waals surface area contributed by atoms with Crippen LogP contribution < -0.4 is 0 Å². The first-order chi connectivity index (χ1) is 18.5. The monoisotopic (exact) mass is 516 g/mol. The van der Waals surface area contributed by atoms with Gasteiger partial charge in [-0.2, -0.15) is 5.10 Å². The molecule has 3 aromatic rings. The molecule has 0 N–H and O–H groups in total. The smallest absolute Gasteiger partial charge is 0.317 e. The molecule has 2 fully saturated rings. The zero-order valence-electron chi connectivity index (χ0n) is 21.0. The molecule has 0 radical (unpaired) electrons. The van der Waals surface area contributed by atoms with E-state index in [-0.39, 0.29) is 11.7 Å². The molecule has 1 amide bonds. The second-order valence-corrected chi connectivity index (χ2v) is 10.2. The van der Waals surface area contributed by atoms with Crippen LogP contribution in [0.3, 0.4) is 0 Å². The molecule has 8 heteroatoms. The molecular weight excluding hydrogens is 487 g/mol. The van der Waals surface area contributed by atoms with E-state index in [1.807, 2.05) is 24.3 Å². The highest BCUT2D eigenvalue weighted by molar-refractivity contribution is 6.08. The zero-order chi connectivity index (χ0) is 26.1. The molecule has 6 rings (SSSR count). The van der Waals surface area contributed by atoms with Crippen molar-refractivity contribution in [3.05, 3.63) is 89.5 Å². The molecule has 2 atom stereocenters. The first-order valence-electron chi connectivity index (χ1n) is 13.2. The maximum atomic E-state index is 13.5. The molecule has 196 valence electrons. The highest BCUT2D eigenvalue weighted by Crippen LogP contribution is 2.45. The summed E-state index contributed by atoms with van der Waals surface area (Å²) >= 11 is 0. The number of benzene rings is 1. The summed E-state index contributed by atoms with van der Waals surface area (Å²) in [6.07, 6.45) is 10.8. The first kappa shape index (κ1) is 24.4. The molecule has 0 spiro atoms. The number of carbonyl (C=O) groups excluding carboxylic acids is 2. The van der Waals surface area contributed by atoms with Gasteiger partial charge in [-0.3, -0.25) is 9.59 Å². The Balaban J connectivity index is 1.25. The number of ether oxygens (including phenoxy) is 1. The van der Waals surface area contributed by atoms with Crippen molar-refractivity contribution in [2.45, 2.75) is 56.4 Å². The molecular formula is C30H29FN2O5. The van der Waals surface area contributed by atoms with Crippen LogP contribution in [0, 0.1) is 11.7 Å². The Morgan fingerprint density at radius 3 is 2.53 bits per heavy atom. The van der Waals surface area contributed by atoms with Gasteiger partial charge in [-0.1, -0.05) is 25.0 Å². The number of furan rings is 2.